The highest BCUT2D eigenvalue weighted by Gasteiger charge is 2.28. The van der Waals surface area contributed by atoms with Crippen LogP contribution in [0, 0.1) is 5.92 Å². The molecule has 3 nitrogen and oxygen atoms in total. The molecule has 1 aromatic carbocycles. The van der Waals surface area contributed by atoms with Gasteiger partial charge in [0.2, 0.25) is 5.91 Å². The lowest BCUT2D eigenvalue weighted by Crippen LogP contribution is -2.42. The van der Waals surface area contributed by atoms with E-state index in [2.05, 4.69) is 29.6 Å². The van der Waals surface area contributed by atoms with E-state index in [-0.39, 0.29) is 11.8 Å². The number of fused-ring (bicyclic) bond motifs is 1. The third-order valence-electron chi connectivity index (χ3n) is 3.99. The maximum Gasteiger partial charge on any atom is 0.223 e. The Morgan fingerprint density at radius 3 is 2.33 bits per heavy atom. The predicted molar refractivity (Wildman–Crippen MR) is 69.3 cm³/mol. The smallest absolute Gasteiger partial charge is 0.223 e. The molecule has 1 amide bonds. The number of ether oxygens (including phenoxy) is 1. The van der Waals surface area contributed by atoms with E-state index in [4.69, 9.17) is 4.74 Å². The van der Waals surface area contributed by atoms with Gasteiger partial charge in [-0.25, -0.2) is 0 Å². The molecular formula is C15H19NO2. The highest BCUT2D eigenvalue weighted by Crippen LogP contribution is 2.26. The molecule has 0 radical (unpaired) electrons. The number of benzene rings is 1. The van der Waals surface area contributed by atoms with Gasteiger partial charge in [-0.15, -0.1) is 0 Å². The van der Waals surface area contributed by atoms with Gasteiger partial charge in [0.05, 0.1) is 0 Å². The van der Waals surface area contributed by atoms with E-state index < -0.39 is 0 Å². The van der Waals surface area contributed by atoms with E-state index in [1.165, 1.54) is 11.1 Å². The second-order valence-electron chi connectivity index (χ2n) is 5.27. The summed E-state index contributed by atoms with van der Waals surface area (Å²) in [5, 5.41) is 3.18. The first kappa shape index (κ1) is 11.7. The maximum absolute atomic E-state index is 12.2. The molecule has 0 bridgehead atoms. The molecule has 2 aliphatic rings. The van der Waals surface area contributed by atoms with Crippen molar-refractivity contribution in [2.75, 3.05) is 13.2 Å². The summed E-state index contributed by atoms with van der Waals surface area (Å²) in [6.07, 6.45) is 3.69. The van der Waals surface area contributed by atoms with Gasteiger partial charge < -0.3 is 10.1 Å². The van der Waals surface area contributed by atoms with Gasteiger partial charge in [0, 0.05) is 25.2 Å². The fraction of sp³-hybridized carbons (Fsp3) is 0.533. The summed E-state index contributed by atoms with van der Waals surface area (Å²) in [6, 6.07) is 8.69. The molecule has 18 heavy (non-hydrogen) atoms. The molecule has 96 valence electrons. The van der Waals surface area contributed by atoms with E-state index in [0.717, 1.165) is 38.9 Å². The molecule has 0 saturated carbocycles. The quantitative estimate of drug-likeness (QED) is 0.861. The highest BCUT2D eigenvalue weighted by molar-refractivity contribution is 5.80. The summed E-state index contributed by atoms with van der Waals surface area (Å²) < 4.78 is 5.31. The molecule has 1 fully saturated rings. The minimum atomic E-state index is 0.130. The zero-order valence-electron chi connectivity index (χ0n) is 10.5. The minimum absolute atomic E-state index is 0.130. The summed E-state index contributed by atoms with van der Waals surface area (Å²) >= 11 is 0. The SMILES string of the molecule is O=C(NC1CCOCC1)C1Cc2ccccc2C1. The van der Waals surface area contributed by atoms with Crippen LogP contribution in [0.1, 0.15) is 24.0 Å². The number of hydrogen-bond donors (Lipinski definition) is 1. The standard InChI is InChI=1S/C15H19NO2/c17-15(16-14-5-7-18-8-6-14)13-9-11-3-1-2-4-12(11)10-13/h1-4,13-14H,5-10H2,(H,16,17). The van der Waals surface area contributed by atoms with Crippen LogP contribution in [0.5, 0.6) is 0 Å². The first-order chi connectivity index (χ1) is 8.83. The molecule has 1 aromatic rings. The maximum atomic E-state index is 12.2. The highest BCUT2D eigenvalue weighted by atomic mass is 16.5. The van der Waals surface area contributed by atoms with Crippen molar-refractivity contribution in [2.45, 2.75) is 31.7 Å². The Morgan fingerprint density at radius 2 is 1.72 bits per heavy atom. The van der Waals surface area contributed by atoms with Crippen LogP contribution in [0.4, 0.5) is 0 Å². The Hall–Kier alpha value is -1.35. The fourth-order valence-corrected chi connectivity index (χ4v) is 2.91. The average molecular weight is 245 g/mol. The zero-order valence-corrected chi connectivity index (χ0v) is 10.5. The average Bonchev–Trinajstić information content (AvgIpc) is 2.84. The summed E-state index contributed by atoms with van der Waals surface area (Å²) in [5.41, 5.74) is 2.68. The van der Waals surface area contributed by atoms with Crippen LogP contribution < -0.4 is 5.32 Å². The van der Waals surface area contributed by atoms with Gasteiger partial charge in [0.1, 0.15) is 0 Å². The molecule has 1 aliphatic carbocycles. The number of amides is 1. The van der Waals surface area contributed by atoms with Crippen LogP contribution >= 0.6 is 0 Å². The van der Waals surface area contributed by atoms with Crippen LogP contribution in [0.25, 0.3) is 0 Å². The van der Waals surface area contributed by atoms with Crippen LogP contribution in [-0.2, 0) is 22.4 Å². The van der Waals surface area contributed by atoms with Gasteiger partial charge in [-0.1, -0.05) is 24.3 Å². The normalized spacial score (nSPS) is 20.7. The van der Waals surface area contributed by atoms with Crippen molar-refractivity contribution in [1.82, 2.24) is 5.32 Å². The van der Waals surface area contributed by atoms with Gasteiger partial charge in [0.25, 0.3) is 0 Å². The minimum Gasteiger partial charge on any atom is -0.381 e. The first-order valence-corrected chi connectivity index (χ1v) is 6.78. The van der Waals surface area contributed by atoms with Crippen molar-refractivity contribution in [1.29, 1.82) is 0 Å². The molecule has 0 spiro atoms. The third kappa shape index (κ3) is 2.41. The lowest BCUT2D eigenvalue weighted by Gasteiger charge is -2.24. The van der Waals surface area contributed by atoms with Crippen molar-refractivity contribution < 1.29 is 9.53 Å². The summed E-state index contributed by atoms with van der Waals surface area (Å²) in [5.74, 6) is 0.350. The second kappa shape index (κ2) is 5.11. The van der Waals surface area contributed by atoms with E-state index in [1.54, 1.807) is 0 Å². The van der Waals surface area contributed by atoms with Gasteiger partial charge in [-0.05, 0) is 36.8 Å². The molecule has 3 heteroatoms. The molecule has 1 aliphatic heterocycles. The number of hydrogen-bond acceptors (Lipinski definition) is 2. The van der Waals surface area contributed by atoms with Crippen LogP contribution in [0.2, 0.25) is 0 Å². The van der Waals surface area contributed by atoms with Gasteiger partial charge in [-0.2, -0.15) is 0 Å². The van der Waals surface area contributed by atoms with Crippen LogP contribution in [0.15, 0.2) is 24.3 Å². The lowest BCUT2D eigenvalue weighted by molar-refractivity contribution is -0.126. The Bertz CT molecular complexity index is 413. The van der Waals surface area contributed by atoms with E-state index >= 15 is 0 Å². The topological polar surface area (TPSA) is 38.3 Å². The number of nitrogens with one attached hydrogen (secondary N) is 1. The summed E-state index contributed by atoms with van der Waals surface area (Å²) in [7, 11) is 0. The van der Waals surface area contributed by atoms with E-state index in [1.807, 2.05) is 0 Å². The molecule has 0 atom stereocenters. The van der Waals surface area contributed by atoms with Crippen LogP contribution in [0.3, 0.4) is 0 Å². The summed E-state index contributed by atoms with van der Waals surface area (Å²) in [6.45, 7) is 1.55. The van der Waals surface area contributed by atoms with Crippen LogP contribution in [-0.4, -0.2) is 25.2 Å². The van der Waals surface area contributed by atoms with Crippen molar-refractivity contribution in [3.05, 3.63) is 35.4 Å². The Balaban J connectivity index is 1.58. The molecule has 3 rings (SSSR count). The molecule has 0 aromatic heterocycles. The number of rotatable bonds is 2. The van der Waals surface area contributed by atoms with Crippen molar-refractivity contribution in [3.8, 4) is 0 Å². The second-order valence-corrected chi connectivity index (χ2v) is 5.27. The molecule has 1 saturated heterocycles. The largest absolute Gasteiger partial charge is 0.381 e. The fourth-order valence-electron chi connectivity index (χ4n) is 2.91. The number of carbonyl (C=O) groups is 1. The molecule has 1 N–H and O–H groups in total. The summed E-state index contributed by atoms with van der Waals surface area (Å²) in [4.78, 5) is 12.2. The molecule has 0 unspecified atom stereocenters. The van der Waals surface area contributed by atoms with E-state index in [9.17, 15) is 4.79 Å². The van der Waals surface area contributed by atoms with E-state index in [0.29, 0.717) is 6.04 Å². The Morgan fingerprint density at radius 1 is 1.11 bits per heavy atom. The molecule has 1 heterocycles. The zero-order chi connectivity index (χ0) is 12.4. The first-order valence-electron chi connectivity index (χ1n) is 6.78. The Kier molecular flexibility index (Phi) is 3.33. The number of carbonyl (C=O) groups excluding carboxylic acids is 1. The van der Waals surface area contributed by atoms with Crippen molar-refractivity contribution in [2.24, 2.45) is 5.92 Å². The van der Waals surface area contributed by atoms with Gasteiger partial charge in [-0.3, -0.25) is 4.79 Å². The Labute approximate surface area is 108 Å². The predicted octanol–water partition coefficient (Wildman–Crippen LogP) is 1.70. The van der Waals surface area contributed by atoms with Gasteiger partial charge in [0.15, 0.2) is 0 Å². The molecular weight excluding hydrogens is 226 g/mol. The van der Waals surface area contributed by atoms with Gasteiger partial charge >= 0.3 is 0 Å². The van der Waals surface area contributed by atoms with Crippen molar-refractivity contribution in [3.63, 3.8) is 0 Å². The third-order valence-corrected chi connectivity index (χ3v) is 3.99. The monoisotopic (exact) mass is 245 g/mol. The van der Waals surface area contributed by atoms with Crippen molar-refractivity contribution >= 4 is 5.91 Å². The lowest BCUT2D eigenvalue weighted by atomic mass is 10.0.